The summed E-state index contributed by atoms with van der Waals surface area (Å²) in [5.74, 6) is 0.767. The van der Waals surface area contributed by atoms with Crippen molar-refractivity contribution in [1.29, 1.82) is 0 Å². The summed E-state index contributed by atoms with van der Waals surface area (Å²) in [7, 11) is -0.526. The molecule has 1 fully saturated rings. The van der Waals surface area contributed by atoms with Gasteiger partial charge in [-0.2, -0.15) is 9.30 Å². The number of thiazole rings is 1. The first-order valence-corrected chi connectivity index (χ1v) is 14.0. The molecule has 1 saturated heterocycles. The minimum atomic E-state index is -3.69. The summed E-state index contributed by atoms with van der Waals surface area (Å²) in [6.45, 7) is 7.02. The van der Waals surface area contributed by atoms with Crippen LogP contribution in [-0.2, 0) is 21.3 Å². The molecule has 194 valence electrons. The smallest absolute Gasteiger partial charge is 0.279 e. The molecule has 0 N–H and O–H groups in total. The first kappa shape index (κ1) is 26.3. The van der Waals surface area contributed by atoms with Gasteiger partial charge in [-0.05, 0) is 44.5 Å². The van der Waals surface area contributed by atoms with E-state index in [2.05, 4.69) is 11.9 Å². The number of amides is 1. The zero-order chi connectivity index (χ0) is 26.0. The Bertz CT molecular complexity index is 1420. The van der Waals surface area contributed by atoms with Crippen LogP contribution in [0, 0.1) is 0 Å². The molecule has 4 rings (SSSR count). The van der Waals surface area contributed by atoms with Crippen LogP contribution in [0.3, 0.4) is 0 Å². The van der Waals surface area contributed by atoms with Gasteiger partial charge in [-0.15, -0.1) is 0 Å². The molecule has 2 unspecified atom stereocenters. The minimum absolute atomic E-state index is 0.141. The van der Waals surface area contributed by atoms with Crippen molar-refractivity contribution >= 4 is 37.5 Å². The lowest BCUT2D eigenvalue weighted by Gasteiger charge is -2.34. The zero-order valence-electron chi connectivity index (χ0n) is 21.1. The van der Waals surface area contributed by atoms with Crippen LogP contribution in [0.1, 0.15) is 37.6 Å². The number of rotatable bonds is 7. The fourth-order valence-corrected chi connectivity index (χ4v) is 6.97. The fourth-order valence-electron chi connectivity index (χ4n) is 4.32. The third-order valence-corrected chi connectivity index (χ3v) is 8.84. The SMILES string of the molecule is CCCn1c(=NC(=O)c2ccc(S(=O)(=O)N3CC(C)OC(C)C3)cc2)sc2cc(OC)c(OC)cc21. The second-order valence-corrected chi connectivity index (χ2v) is 11.7. The van der Waals surface area contributed by atoms with Gasteiger partial charge in [0.25, 0.3) is 5.91 Å². The van der Waals surface area contributed by atoms with Crippen LogP contribution in [0.25, 0.3) is 10.2 Å². The van der Waals surface area contributed by atoms with Gasteiger partial charge in [-0.1, -0.05) is 18.3 Å². The number of carbonyl (C=O) groups excluding carboxylic acids is 1. The number of morpholine rings is 1. The van der Waals surface area contributed by atoms with Gasteiger partial charge in [-0.25, -0.2) is 8.42 Å². The molecule has 0 bridgehead atoms. The molecule has 0 saturated carbocycles. The number of sulfonamides is 1. The van der Waals surface area contributed by atoms with E-state index < -0.39 is 15.9 Å². The van der Waals surface area contributed by atoms with Crippen molar-refractivity contribution in [1.82, 2.24) is 8.87 Å². The summed E-state index contributed by atoms with van der Waals surface area (Å²) in [6, 6.07) is 9.71. The number of methoxy groups -OCH3 is 2. The molecule has 2 aromatic carbocycles. The van der Waals surface area contributed by atoms with Gasteiger partial charge in [0.15, 0.2) is 16.3 Å². The number of fused-ring (bicyclic) bond motifs is 1. The summed E-state index contributed by atoms with van der Waals surface area (Å²) in [5.41, 5.74) is 1.22. The van der Waals surface area contributed by atoms with Crippen LogP contribution in [-0.4, -0.2) is 62.7 Å². The third-order valence-electron chi connectivity index (χ3n) is 5.96. The van der Waals surface area contributed by atoms with Crippen LogP contribution in [0.4, 0.5) is 0 Å². The van der Waals surface area contributed by atoms with Crippen molar-refractivity contribution in [3.8, 4) is 11.5 Å². The van der Waals surface area contributed by atoms with Crippen molar-refractivity contribution in [2.75, 3.05) is 27.3 Å². The highest BCUT2D eigenvalue weighted by molar-refractivity contribution is 7.89. The Morgan fingerprint density at radius 2 is 1.69 bits per heavy atom. The number of ether oxygens (including phenoxy) is 3. The monoisotopic (exact) mass is 533 g/mol. The van der Waals surface area contributed by atoms with E-state index in [9.17, 15) is 13.2 Å². The number of hydrogen-bond acceptors (Lipinski definition) is 7. The van der Waals surface area contributed by atoms with Crippen LogP contribution in [0.5, 0.6) is 11.5 Å². The summed E-state index contributed by atoms with van der Waals surface area (Å²) in [5, 5.41) is 0. The maximum Gasteiger partial charge on any atom is 0.279 e. The topological polar surface area (TPSA) is 99.4 Å². The molecule has 11 heteroatoms. The molecular formula is C25H31N3O6S2. The highest BCUT2D eigenvalue weighted by Crippen LogP contribution is 2.33. The molecule has 1 amide bonds. The molecule has 2 heterocycles. The number of nitrogens with zero attached hydrogens (tertiary/aromatic N) is 3. The third kappa shape index (κ3) is 5.19. The Labute approximate surface area is 215 Å². The molecular weight excluding hydrogens is 502 g/mol. The lowest BCUT2D eigenvalue weighted by molar-refractivity contribution is -0.0440. The molecule has 36 heavy (non-hydrogen) atoms. The number of hydrogen-bond donors (Lipinski definition) is 0. The van der Waals surface area contributed by atoms with E-state index in [4.69, 9.17) is 14.2 Å². The first-order valence-electron chi connectivity index (χ1n) is 11.8. The van der Waals surface area contributed by atoms with E-state index in [1.165, 1.54) is 39.9 Å². The lowest BCUT2D eigenvalue weighted by atomic mass is 10.2. The van der Waals surface area contributed by atoms with Gasteiger partial charge in [0.05, 0.1) is 41.5 Å². The average Bonchev–Trinajstić information content (AvgIpc) is 3.18. The highest BCUT2D eigenvalue weighted by atomic mass is 32.2. The summed E-state index contributed by atoms with van der Waals surface area (Å²) in [4.78, 5) is 18.1. The maximum absolute atomic E-state index is 13.1. The van der Waals surface area contributed by atoms with E-state index in [0.717, 1.165) is 16.6 Å². The largest absolute Gasteiger partial charge is 0.493 e. The summed E-state index contributed by atoms with van der Waals surface area (Å²) in [6.07, 6.45) is 0.492. The van der Waals surface area contributed by atoms with Gasteiger partial charge in [-0.3, -0.25) is 4.79 Å². The van der Waals surface area contributed by atoms with Crippen LogP contribution >= 0.6 is 11.3 Å². The Balaban J connectivity index is 1.66. The number of benzene rings is 2. The summed E-state index contributed by atoms with van der Waals surface area (Å²) >= 11 is 1.39. The second kappa shape index (κ2) is 10.7. The molecule has 2 atom stereocenters. The van der Waals surface area contributed by atoms with Crippen molar-refractivity contribution in [3.63, 3.8) is 0 Å². The van der Waals surface area contributed by atoms with Crippen LogP contribution < -0.4 is 14.3 Å². The predicted molar refractivity (Wildman–Crippen MR) is 138 cm³/mol. The van der Waals surface area contributed by atoms with E-state index in [-0.39, 0.29) is 17.1 Å². The van der Waals surface area contributed by atoms with Crippen molar-refractivity contribution in [2.45, 2.75) is 50.8 Å². The van der Waals surface area contributed by atoms with E-state index in [1.807, 2.05) is 30.5 Å². The van der Waals surface area contributed by atoms with Gasteiger partial charge in [0, 0.05) is 37.3 Å². The normalized spacial score (nSPS) is 19.5. The molecule has 0 aliphatic carbocycles. The van der Waals surface area contributed by atoms with Crippen molar-refractivity contribution in [3.05, 3.63) is 46.8 Å². The summed E-state index contributed by atoms with van der Waals surface area (Å²) < 4.78 is 47.1. The molecule has 0 spiro atoms. The van der Waals surface area contributed by atoms with E-state index in [0.29, 0.717) is 41.5 Å². The van der Waals surface area contributed by atoms with Crippen molar-refractivity contribution in [2.24, 2.45) is 4.99 Å². The lowest BCUT2D eigenvalue weighted by Crippen LogP contribution is -2.48. The number of aryl methyl sites for hydroxylation is 1. The predicted octanol–water partition coefficient (Wildman–Crippen LogP) is 3.67. The molecule has 1 aliphatic rings. The van der Waals surface area contributed by atoms with Crippen molar-refractivity contribution < 1.29 is 27.4 Å². The van der Waals surface area contributed by atoms with E-state index in [1.54, 1.807) is 14.2 Å². The Morgan fingerprint density at radius 1 is 1.08 bits per heavy atom. The Hall–Kier alpha value is -2.73. The van der Waals surface area contributed by atoms with Gasteiger partial charge < -0.3 is 18.8 Å². The van der Waals surface area contributed by atoms with Crippen LogP contribution in [0.15, 0.2) is 46.3 Å². The second-order valence-electron chi connectivity index (χ2n) is 8.73. The van der Waals surface area contributed by atoms with Gasteiger partial charge in [0.2, 0.25) is 10.0 Å². The number of carbonyl (C=O) groups is 1. The highest BCUT2D eigenvalue weighted by Gasteiger charge is 2.32. The zero-order valence-corrected chi connectivity index (χ0v) is 22.7. The Kier molecular flexibility index (Phi) is 7.84. The first-order chi connectivity index (χ1) is 17.2. The van der Waals surface area contributed by atoms with Gasteiger partial charge in [0.1, 0.15) is 0 Å². The van der Waals surface area contributed by atoms with Crippen LogP contribution in [0.2, 0.25) is 0 Å². The minimum Gasteiger partial charge on any atom is -0.493 e. The molecule has 0 radical (unpaired) electrons. The average molecular weight is 534 g/mol. The standard InChI is InChI=1S/C25H31N3O6S2/c1-6-11-28-20-12-21(32-4)22(33-5)13-23(20)35-25(28)26-24(29)18-7-9-19(10-8-18)36(30,31)27-14-16(2)34-17(3)15-27/h7-10,12-13,16-17H,6,11,14-15H2,1-5H3. The van der Waals surface area contributed by atoms with Gasteiger partial charge >= 0.3 is 0 Å². The maximum atomic E-state index is 13.1. The quantitative estimate of drug-likeness (QED) is 0.460. The molecule has 9 nitrogen and oxygen atoms in total. The molecule has 3 aromatic rings. The fraction of sp³-hybridized carbons (Fsp3) is 0.440. The number of aromatic nitrogens is 1. The Morgan fingerprint density at radius 3 is 2.28 bits per heavy atom. The molecule has 1 aliphatic heterocycles. The molecule has 1 aromatic heterocycles. The van der Waals surface area contributed by atoms with E-state index >= 15 is 0 Å².